The van der Waals surface area contributed by atoms with Gasteiger partial charge in [-0.25, -0.2) is 0 Å². The van der Waals surface area contributed by atoms with Crippen LogP contribution in [-0.2, 0) is 17.8 Å². The van der Waals surface area contributed by atoms with E-state index in [1.165, 1.54) is 0 Å². The summed E-state index contributed by atoms with van der Waals surface area (Å²) in [7, 11) is 0. The van der Waals surface area contributed by atoms with Crippen molar-refractivity contribution in [2.45, 2.75) is 19.1 Å². The van der Waals surface area contributed by atoms with E-state index in [-0.39, 0.29) is 19.6 Å². The Morgan fingerprint density at radius 1 is 1.33 bits per heavy atom. The van der Waals surface area contributed by atoms with E-state index < -0.39 is 12.1 Å². The molecule has 0 bridgehead atoms. The van der Waals surface area contributed by atoms with E-state index in [1.54, 1.807) is 10.8 Å². The Labute approximate surface area is 104 Å². The molecule has 18 heavy (non-hydrogen) atoms. The van der Waals surface area contributed by atoms with E-state index in [2.05, 4.69) is 0 Å². The highest BCUT2D eigenvalue weighted by atomic mass is 16.4. The van der Waals surface area contributed by atoms with Gasteiger partial charge in [0.2, 0.25) is 0 Å². The highest BCUT2D eigenvalue weighted by Gasteiger charge is 2.12. The quantitative estimate of drug-likeness (QED) is 0.725. The minimum absolute atomic E-state index is 0.0528. The summed E-state index contributed by atoms with van der Waals surface area (Å²) in [5, 5.41) is 28.1. The molecule has 2 rings (SSSR count). The maximum Gasteiger partial charge on any atom is 0.307 e. The Morgan fingerprint density at radius 2 is 2.06 bits per heavy atom. The first-order chi connectivity index (χ1) is 8.61. The second-order valence-electron chi connectivity index (χ2n) is 4.23. The van der Waals surface area contributed by atoms with Gasteiger partial charge < -0.3 is 19.9 Å². The molecule has 1 atom stereocenters. The zero-order valence-electron chi connectivity index (χ0n) is 9.78. The number of nitrogens with zero attached hydrogens (tertiary/aromatic N) is 1. The molecule has 5 heteroatoms. The number of hydrogen-bond donors (Lipinski definition) is 3. The van der Waals surface area contributed by atoms with Crippen LogP contribution in [0.15, 0.2) is 30.5 Å². The summed E-state index contributed by atoms with van der Waals surface area (Å²) in [6.07, 6.45) is 0.818. The maximum absolute atomic E-state index is 10.8. The van der Waals surface area contributed by atoms with Crippen molar-refractivity contribution in [2.75, 3.05) is 6.61 Å². The van der Waals surface area contributed by atoms with Gasteiger partial charge >= 0.3 is 5.97 Å². The molecule has 1 heterocycles. The number of aliphatic carboxylic acids is 1. The lowest BCUT2D eigenvalue weighted by molar-refractivity contribution is -0.136. The molecule has 0 radical (unpaired) electrons. The number of para-hydroxylation sites is 1. The minimum atomic E-state index is -0.888. The normalized spacial score (nSPS) is 12.8. The molecule has 0 aliphatic carbocycles. The predicted octanol–water partition coefficient (Wildman–Crippen LogP) is 0.622. The summed E-state index contributed by atoms with van der Waals surface area (Å²) < 4.78 is 1.77. The van der Waals surface area contributed by atoms with Crippen molar-refractivity contribution in [3.63, 3.8) is 0 Å². The second-order valence-corrected chi connectivity index (χ2v) is 4.23. The maximum atomic E-state index is 10.8. The summed E-state index contributed by atoms with van der Waals surface area (Å²) in [5.41, 5.74) is 1.57. The second kappa shape index (κ2) is 5.20. The third-order valence-electron chi connectivity index (χ3n) is 2.83. The van der Waals surface area contributed by atoms with Gasteiger partial charge in [0.1, 0.15) is 0 Å². The molecule has 0 aliphatic rings. The van der Waals surface area contributed by atoms with Gasteiger partial charge in [-0.05, 0) is 11.6 Å². The van der Waals surface area contributed by atoms with Gasteiger partial charge in [0.15, 0.2) is 0 Å². The molecule has 2 aromatic rings. The fraction of sp³-hybridized carbons (Fsp3) is 0.308. The smallest absolute Gasteiger partial charge is 0.307 e. The van der Waals surface area contributed by atoms with Crippen molar-refractivity contribution in [3.05, 3.63) is 36.0 Å². The number of aliphatic hydroxyl groups excluding tert-OH is 2. The van der Waals surface area contributed by atoms with Crippen molar-refractivity contribution in [3.8, 4) is 0 Å². The molecule has 0 fully saturated rings. The van der Waals surface area contributed by atoms with Crippen LogP contribution < -0.4 is 0 Å². The first-order valence-electron chi connectivity index (χ1n) is 5.69. The topological polar surface area (TPSA) is 82.7 Å². The Morgan fingerprint density at radius 3 is 2.72 bits per heavy atom. The number of rotatable bonds is 5. The molecule has 0 saturated carbocycles. The van der Waals surface area contributed by atoms with Gasteiger partial charge in [0, 0.05) is 17.1 Å². The molecule has 96 valence electrons. The van der Waals surface area contributed by atoms with E-state index >= 15 is 0 Å². The molecular formula is C13H15NO4. The van der Waals surface area contributed by atoms with Crippen LogP contribution >= 0.6 is 0 Å². The van der Waals surface area contributed by atoms with Crippen LogP contribution in [0, 0.1) is 0 Å². The van der Waals surface area contributed by atoms with E-state index in [4.69, 9.17) is 10.2 Å². The van der Waals surface area contributed by atoms with Gasteiger partial charge in [0.05, 0.1) is 25.7 Å². The largest absolute Gasteiger partial charge is 0.481 e. The number of aliphatic hydroxyl groups is 2. The van der Waals surface area contributed by atoms with Crippen LogP contribution in [0.4, 0.5) is 0 Å². The third kappa shape index (κ3) is 2.52. The summed E-state index contributed by atoms with van der Waals surface area (Å²) >= 11 is 0. The lowest BCUT2D eigenvalue weighted by Gasteiger charge is -2.09. The molecule has 1 aromatic heterocycles. The molecule has 1 unspecified atom stereocenters. The van der Waals surface area contributed by atoms with Crippen molar-refractivity contribution >= 4 is 16.9 Å². The van der Waals surface area contributed by atoms with Gasteiger partial charge in [0.25, 0.3) is 0 Å². The first-order valence-corrected chi connectivity index (χ1v) is 5.69. The molecule has 0 saturated heterocycles. The lowest BCUT2D eigenvalue weighted by Crippen LogP contribution is -2.19. The van der Waals surface area contributed by atoms with Crippen molar-refractivity contribution < 1.29 is 20.1 Å². The van der Waals surface area contributed by atoms with E-state index in [0.29, 0.717) is 5.56 Å². The number of hydrogen-bond acceptors (Lipinski definition) is 3. The molecule has 3 N–H and O–H groups in total. The number of carbonyl (C=O) groups is 1. The Kier molecular flexibility index (Phi) is 3.64. The van der Waals surface area contributed by atoms with E-state index in [9.17, 15) is 9.90 Å². The summed E-state index contributed by atoms with van der Waals surface area (Å²) in [6.45, 7) is -0.0720. The highest BCUT2D eigenvalue weighted by molar-refractivity contribution is 5.87. The summed E-state index contributed by atoms with van der Waals surface area (Å²) in [5.74, 6) is -0.888. The number of carboxylic acid groups (broad SMARTS) is 1. The third-order valence-corrected chi connectivity index (χ3v) is 2.83. The van der Waals surface area contributed by atoms with Crippen LogP contribution in [0.2, 0.25) is 0 Å². The average Bonchev–Trinajstić information content (AvgIpc) is 2.67. The van der Waals surface area contributed by atoms with Crippen molar-refractivity contribution in [1.82, 2.24) is 4.57 Å². The van der Waals surface area contributed by atoms with Gasteiger partial charge in [-0.3, -0.25) is 4.79 Å². The van der Waals surface area contributed by atoms with Crippen molar-refractivity contribution in [1.29, 1.82) is 0 Å². The zero-order chi connectivity index (χ0) is 13.1. The Hall–Kier alpha value is -1.85. The zero-order valence-corrected chi connectivity index (χ0v) is 9.78. The SMILES string of the molecule is O=C(O)Cc1cn(CC(O)CO)c2ccccc12. The summed E-state index contributed by atoms with van der Waals surface area (Å²) in [4.78, 5) is 10.8. The lowest BCUT2D eigenvalue weighted by atomic mass is 10.1. The van der Waals surface area contributed by atoms with Gasteiger partial charge in [-0.1, -0.05) is 18.2 Å². The fourth-order valence-electron chi connectivity index (χ4n) is 2.06. The van der Waals surface area contributed by atoms with Crippen LogP contribution in [0.25, 0.3) is 10.9 Å². The van der Waals surface area contributed by atoms with Gasteiger partial charge in [-0.15, -0.1) is 0 Å². The molecule has 5 nitrogen and oxygen atoms in total. The average molecular weight is 249 g/mol. The number of fused-ring (bicyclic) bond motifs is 1. The predicted molar refractivity (Wildman–Crippen MR) is 66.4 cm³/mol. The van der Waals surface area contributed by atoms with Gasteiger partial charge in [-0.2, -0.15) is 0 Å². The summed E-state index contributed by atoms with van der Waals surface area (Å²) in [6, 6.07) is 7.43. The Bertz CT molecular complexity index is 561. The molecular weight excluding hydrogens is 234 g/mol. The standard InChI is InChI=1S/C13H15NO4/c15-8-10(16)7-14-6-9(5-13(17)18)11-3-1-2-4-12(11)14/h1-4,6,10,15-16H,5,7-8H2,(H,17,18). The van der Waals surface area contributed by atoms with Crippen LogP contribution in [0.3, 0.4) is 0 Å². The molecule has 1 aromatic carbocycles. The van der Waals surface area contributed by atoms with E-state index in [0.717, 1.165) is 10.9 Å². The van der Waals surface area contributed by atoms with Crippen LogP contribution in [0.5, 0.6) is 0 Å². The number of aromatic nitrogens is 1. The van der Waals surface area contributed by atoms with Crippen LogP contribution in [-0.4, -0.2) is 38.6 Å². The molecule has 0 aliphatic heterocycles. The monoisotopic (exact) mass is 249 g/mol. The molecule has 0 spiro atoms. The number of benzene rings is 1. The Balaban J connectivity index is 2.43. The van der Waals surface area contributed by atoms with Crippen LogP contribution in [0.1, 0.15) is 5.56 Å². The van der Waals surface area contributed by atoms with Crippen molar-refractivity contribution in [2.24, 2.45) is 0 Å². The minimum Gasteiger partial charge on any atom is -0.481 e. The fourth-order valence-corrected chi connectivity index (χ4v) is 2.06. The first kappa shape index (κ1) is 12.6. The highest BCUT2D eigenvalue weighted by Crippen LogP contribution is 2.22. The molecule has 0 amide bonds. The van der Waals surface area contributed by atoms with E-state index in [1.807, 2.05) is 24.3 Å². The number of carboxylic acids is 1.